The predicted molar refractivity (Wildman–Crippen MR) is 109 cm³/mol. The Kier molecular flexibility index (Phi) is 6.18. The number of carbonyl (C=O) groups is 2. The number of nitrogens with one attached hydrogen (secondary N) is 2. The zero-order valence-corrected chi connectivity index (χ0v) is 15.8. The number of amides is 2. The van der Waals surface area contributed by atoms with E-state index >= 15 is 0 Å². The van der Waals surface area contributed by atoms with Crippen LogP contribution in [0.1, 0.15) is 26.4 Å². The third kappa shape index (κ3) is 5.39. The molecule has 1 heterocycles. The van der Waals surface area contributed by atoms with Crippen molar-refractivity contribution in [3.05, 3.63) is 99.4 Å². The van der Waals surface area contributed by atoms with Gasteiger partial charge in [0.25, 0.3) is 11.8 Å². The Balaban J connectivity index is 1.75. The van der Waals surface area contributed by atoms with E-state index in [-0.39, 0.29) is 17.5 Å². The van der Waals surface area contributed by atoms with Crippen molar-refractivity contribution < 1.29 is 9.59 Å². The largest absolute Gasteiger partial charge is 0.347 e. The second kappa shape index (κ2) is 8.96. The van der Waals surface area contributed by atoms with Gasteiger partial charge in [0.05, 0.1) is 0 Å². The van der Waals surface area contributed by atoms with Gasteiger partial charge in [0.1, 0.15) is 5.70 Å². The molecular weight excluding hydrogens is 356 g/mol. The number of hydrogen-bond acceptors (Lipinski definition) is 3. The molecule has 0 aliphatic carbocycles. The number of thiophene rings is 1. The van der Waals surface area contributed by atoms with Crippen molar-refractivity contribution in [2.45, 2.75) is 13.5 Å². The Bertz CT molecular complexity index is 930. The summed E-state index contributed by atoms with van der Waals surface area (Å²) in [6.45, 7) is 2.35. The van der Waals surface area contributed by atoms with Gasteiger partial charge in [0, 0.05) is 17.0 Å². The molecule has 0 radical (unpaired) electrons. The van der Waals surface area contributed by atoms with E-state index in [0.29, 0.717) is 12.1 Å². The molecule has 3 aromatic rings. The van der Waals surface area contributed by atoms with E-state index < -0.39 is 0 Å². The van der Waals surface area contributed by atoms with Crippen molar-refractivity contribution in [1.82, 2.24) is 10.6 Å². The van der Waals surface area contributed by atoms with Crippen LogP contribution in [0.3, 0.4) is 0 Å². The fraction of sp³-hybridized carbons (Fsp3) is 0.0909. The first-order valence-corrected chi connectivity index (χ1v) is 9.45. The van der Waals surface area contributed by atoms with Crippen LogP contribution in [0.2, 0.25) is 0 Å². The Morgan fingerprint density at radius 2 is 1.70 bits per heavy atom. The first-order valence-electron chi connectivity index (χ1n) is 8.57. The molecule has 0 aliphatic rings. The highest BCUT2D eigenvalue weighted by Gasteiger charge is 2.14. The molecule has 0 aliphatic heterocycles. The van der Waals surface area contributed by atoms with Crippen LogP contribution in [0.15, 0.2) is 77.8 Å². The van der Waals surface area contributed by atoms with Gasteiger partial charge in [0.15, 0.2) is 0 Å². The Morgan fingerprint density at radius 3 is 2.37 bits per heavy atom. The maximum absolute atomic E-state index is 12.7. The average Bonchev–Trinajstić information content (AvgIpc) is 3.20. The van der Waals surface area contributed by atoms with Crippen molar-refractivity contribution in [3.63, 3.8) is 0 Å². The van der Waals surface area contributed by atoms with Crippen molar-refractivity contribution >= 4 is 29.2 Å². The first-order chi connectivity index (χ1) is 13.1. The molecule has 136 valence electrons. The van der Waals surface area contributed by atoms with E-state index in [1.54, 1.807) is 18.2 Å². The Morgan fingerprint density at radius 1 is 0.963 bits per heavy atom. The first kappa shape index (κ1) is 18.6. The van der Waals surface area contributed by atoms with Crippen LogP contribution in [0, 0.1) is 6.92 Å². The van der Waals surface area contributed by atoms with Crippen LogP contribution in [-0.4, -0.2) is 11.8 Å². The van der Waals surface area contributed by atoms with E-state index in [4.69, 9.17) is 0 Å². The van der Waals surface area contributed by atoms with Crippen LogP contribution in [0.4, 0.5) is 0 Å². The highest BCUT2D eigenvalue weighted by molar-refractivity contribution is 7.10. The minimum absolute atomic E-state index is 0.221. The van der Waals surface area contributed by atoms with E-state index in [1.165, 1.54) is 11.3 Å². The number of carbonyl (C=O) groups excluding carboxylic acids is 2. The third-order valence-electron chi connectivity index (χ3n) is 3.93. The molecule has 27 heavy (non-hydrogen) atoms. The van der Waals surface area contributed by atoms with Crippen LogP contribution in [-0.2, 0) is 11.3 Å². The third-order valence-corrected chi connectivity index (χ3v) is 4.75. The second-order valence-corrected chi connectivity index (χ2v) is 7.04. The molecule has 0 atom stereocenters. The number of hydrogen-bond donors (Lipinski definition) is 2. The fourth-order valence-electron chi connectivity index (χ4n) is 2.45. The molecule has 1 aromatic heterocycles. The Labute approximate surface area is 162 Å². The lowest BCUT2D eigenvalue weighted by atomic mass is 10.1. The number of rotatable bonds is 6. The second-order valence-electron chi connectivity index (χ2n) is 6.06. The van der Waals surface area contributed by atoms with Gasteiger partial charge in [-0.25, -0.2) is 0 Å². The van der Waals surface area contributed by atoms with Crippen molar-refractivity contribution in [3.8, 4) is 0 Å². The molecule has 3 rings (SSSR count). The lowest BCUT2D eigenvalue weighted by Gasteiger charge is -2.11. The molecule has 5 heteroatoms. The summed E-state index contributed by atoms with van der Waals surface area (Å²) in [5.74, 6) is -0.639. The summed E-state index contributed by atoms with van der Waals surface area (Å²) in [6.07, 6.45) is 1.69. The van der Waals surface area contributed by atoms with Crippen LogP contribution >= 0.6 is 11.3 Å². The summed E-state index contributed by atoms with van der Waals surface area (Å²) in [6, 6.07) is 20.7. The summed E-state index contributed by atoms with van der Waals surface area (Å²) in [5.41, 5.74) is 2.79. The van der Waals surface area contributed by atoms with Gasteiger partial charge in [-0.1, -0.05) is 54.1 Å². The van der Waals surface area contributed by atoms with E-state index in [1.807, 2.05) is 66.9 Å². The highest BCUT2D eigenvalue weighted by atomic mass is 32.1. The van der Waals surface area contributed by atoms with Crippen molar-refractivity contribution in [2.24, 2.45) is 0 Å². The monoisotopic (exact) mass is 376 g/mol. The fourth-order valence-corrected chi connectivity index (χ4v) is 3.10. The quantitative estimate of drug-likeness (QED) is 0.635. The maximum atomic E-state index is 12.7. The smallest absolute Gasteiger partial charge is 0.268 e. The van der Waals surface area contributed by atoms with Gasteiger partial charge in [-0.2, -0.15) is 0 Å². The zero-order chi connectivity index (χ0) is 19.1. The van der Waals surface area contributed by atoms with Gasteiger partial charge >= 0.3 is 0 Å². The van der Waals surface area contributed by atoms with Gasteiger partial charge in [0.2, 0.25) is 0 Å². The SMILES string of the molecule is Cc1ccc(C(=O)NC(=Cc2cccs2)C(=O)NCc2ccccc2)cc1. The molecule has 0 unspecified atom stereocenters. The molecule has 4 nitrogen and oxygen atoms in total. The van der Waals surface area contributed by atoms with Gasteiger partial charge in [-0.05, 0) is 42.1 Å². The van der Waals surface area contributed by atoms with Gasteiger partial charge in [-0.15, -0.1) is 11.3 Å². The topological polar surface area (TPSA) is 58.2 Å². The normalized spacial score (nSPS) is 11.1. The van der Waals surface area contributed by atoms with E-state index in [9.17, 15) is 9.59 Å². The van der Waals surface area contributed by atoms with Gasteiger partial charge in [-0.3, -0.25) is 9.59 Å². The highest BCUT2D eigenvalue weighted by Crippen LogP contribution is 2.13. The molecule has 2 aromatic carbocycles. The van der Waals surface area contributed by atoms with E-state index in [0.717, 1.165) is 16.0 Å². The van der Waals surface area contributed by atoms with Crippen molar-refractivity contribution in [1.29, 1.82) is 0 Å². The number of benzene rings is 2. The standard InChI is InChI=1S/C22H20N2O2S/c1-16-9-11-18(12-10-16)21(25)24-20(14-19-8-5-13-27-19)22(26)23-15-17-6-3-2-4-7-17/h2-14H,15H2,1H3,(H,23,26)(H,24,25). The minimum Gasteiger partial charge on any atom is -0.347 e. The van der Waals surface area contributed by atoms with Crippen LogP contribution in [0.25, 0.3) is 6.08 Å². The number of aryl methyl sites for hydroxylation is 1. The predicted octanol–water partition coefficient (Wildman–Crippen LogP) is 4.14. The van der Waals surface area contributed by atoms with Gasteiger partial charge < -0.3 is 10.6 Å². The molecule has 2 N–H and O–H groups in total. The summed E-state index contributed by atoms with van der Waals surface area (Å²) in [4.78, 5) is 26.1. The summed E-state index contributed by atoms with van der Waals surface area (Å²) >= 11 is 1.50. The van der Waals surface area contributed by atoms with E-state index in [2.05, 4.69) is 10.6 Å². The minimum atomic E-state index is -0.326. The molecule has 0 saturated heterocycles. The molecule has 0 spiro atoms. The molecule has 0 saturated carbocycles. The maximum Gasteiger partial charge on any atom is 0.268 e. The summed E-state index contributed by atoms with van der Waals surface area (Å²) in [5, 5.41) is 7.53. The molecular formula is C22H20N2O2S. The lowest BCUT2D eigenvalue weighted by molar-refractivity contribution is -0.117. The Hall–Kier alpha value is -3.18. The van der Waals surface area contributed by atoms with Crippen LogP contribution < -0.4 is 10.6 Å². The molecule has 0 bridgehead atoms. The average molecular weight is 376 g/mol. The summed E-state index contributed by atoms with van der Waals surface area (Å²) < 4.78 is 0. The zero-order valence-electron chi connectivity index (χ0n) is 14.9. The summed E-state index contributed by atoms with van der Waals surface area (Å²) in [7, 11) is 0. The molecule has 0 fully saturated rings. The van der Waals surface area contributed by atoms with Crippen molar-refractivity contribution in [2.75, 3.05) is 0 Å². The lowest BCUT2D eigenvalue weighted by Crippen LogP contribution is -2.34. The van der Waals surface area contributed by atoms with Crippen LogP contribution in [0.5, 0.6) is 0 Å². The molecule has 2 amide bonds.